The lowest BCUT2D eigenvalue weighted by Crippen LogP contribution is -2.38. The number of benzene rings is 1. The van der Waals surface area contributed by atoms with Gasteiger partial charge in [-0.2, -0.15) is 0 Å². The molecule has 0 bridgehead atoms. The monoisotopic (exact) mass is 292 g/mol. The highest BCUT2D eigenvalue weighted by atomic mass is 16.5. The first-order valence-electron chi connectivity index (χ1n) is 8.01. The van der Waals surface area contributed by atoms with Crippen LogP contribution in [-0.2, 0) is 4.74 Å². The van der Waals surface area contributed by atoms with Gasteiger partial charge in [0.25, 0.3) is 0 Å². The molecule has 2 rings (SSSR count). The largest absolute Gasteiger partial charge is 0.494 e. The Morgan fingerprint density at radius 2 is 1.90 bits per heavy atom. The molecule has 0 saturated carbocycles. The highest BCUT2D eigenvalue weighted by Gasteiger charge is 2.09. The van der Waals surface area contributed by atoms with Crippen LogP contribution in [-0.4, -0.2) is 50.9 Å². The second-order valence-corrected chi connectivity index (χ2v) is 5.94. The number of ether oxygens (including phenoxy) is 2. The van der Waals surface area contributed by atoms with Crippen LogP contribution in [0.15, 0.2) is 24.3 Å². The second kappa shape index (κ2) is 8.90. The fourth-order valence-electron chi connectivity index (χ4n) is 2.26. The molecule has 21 heavy (non-hydrogen) atoms. The van der Waals surface area contributed by atoms with E-state index in [0.29, 0.717) is 5.92 Å². The SMILES string of the molecule is CC(C)CCOc1ccc(NCCN2CCOCC2)cc1. The van der Waals surface area contributed by atoms with Crippen LogP contribution in [0.2, 0.25) is 0 Å². The van der Waals surface area contributed by atoms with Crippen molar-refractivity contribution in [3.63, 3.8) is 0 Å². The molecule has 1 fully saturated rings. The molecule has 1 heterocycles. The van der Waals surface area contributed by atoms with Crippen molar-refractivity contribution in [2.24, 2.45) is 5.92 Å². The molecule has 1 N–H and O–H groups in total. The van der Waals surface area contributed by atoms with Gasteiger partial charge in [-0.1, -0.05) is 13.8 Å². The standard InChI is InChI=1S/C17H28N2O2/c1-15(2)7-12-21-17-5-3-16(4-6-17)18-8-9-19-10-13-20-14-11-19/h3-6,15,18H,7-14H2,1-2H3. The summed E-state index contributed by atoms with van der Waals surface area (Å²) in [6, 6.07) is 8.25. The quantitative estimate of drug-likeness (QED) is 0.799. The van der Waals surface area contributed by atoms with Crippen LogP contribution in [0.5, 0.6) is 5.75 Å². The van der Waals surface area contributed by atoms with Crippen LogP contribution in [0.1, 0.15) is 20.3 Å². The van der Waals surface area contributed by atoms with Crippen LogP contribution in [0.25, 0.3) is 0 Å². The zero-order chi connectivity index (χ0) is 14.9. The van der Waals surface area contributed by atoms with E-state index >= 15 is 0 Å². The van der Waals surface area contributed by atoms with Crippen molar-refractivity contribution in [1.82, 2.24) is 4.90 Å². The Bertz CT molecular complexity index is 386. The molecule has 118 valence electrons. The summed E-state index contributed by atoms with van der Waals surface area (Å²) in [4.78, 5) is 2.43. The predicted octanol–water partition coefficient (Wildman–Crippen LogP) is 2.86. The van der Waals surface area contributed by atoms with E-state index in [9.17, 15) is 0 Å². The number of hydrogen-bond acceptors (Lipinski definition) is 4. The van der Waals surface area contributed by atoms with Gasteiger partial charge in [0, 0.05) is 31.9 Å². The molecule has 0 unspecified atom stereocenters. The van der Waals surface area contributed by atoms with Crippen molar-refractivity contribution in [1.29, 1.82) is 0 Å². The first-order chi connectivity index (χ1) is 10.2. The third kappa shape index (κ3) is 6.36. The number of nitrogens with one attached hydrogen (secondary N) is 1. The molecule has 1 aromatic rings. The van der Waals surface area contributed by atoms with Crippen LogP contribution >= 0.6 is 0 Å². The average Bonchev–Trinajstić information content (AvgIpc) is 2.50. The smallest absolute Gasteiger partial charge is 0.119 e. The Balaban J connectivity index is 1.64. The van der Waals surface area contributed by atoms with Crippen LogP contribution < -0.4 is 10.1 Å². The maximum atomic E-state index is 5.72. The Kier molecular flexibility index (Phi) is 6.83. The number of rotatable bonds is 8. The lowest BCUT2D eigenvalue weighted by Gasteiger charge is -2.26. The fraction of sp³-hybridized carbons (Fsp3) is 0.647. The number of anilines is 1. The Morgan fingerprint density at radius 1 is 1.19 bits per heavy atom. The summed E-state index contributed by atoms with van der Waals surface area (Å²) in [5.74, 6) is 1.64. The van der Waals surface area contributed by atoms with Gasteiger partial charge in [0.05, 0.1) is 19.8 Å². The number of nitrogens with zero attached hydrogens (tertiary/aromatic N) is 1. The van der Waals surface area contributed by atoms with Gasteiger partial charge in [-0.05, 0) is 36.6 Å². The summed E-state index contributed by atoms with van der Waals surface area (Å²) in [7, 11) is 0. The van der Waals surface area contributed by atoms with Crippen molar-refractivity contribution >= 4 is 5.69 Å². The van der Waals surface area contributed by atoms with Crippen molar-refractivity contribution in [2.45, 2.75) is 20.3 Å². The van der Waals surface area contributed by atoms with E-state index in [1.807, 2.05) is 12.1 Å². The Labute approximate surface area is 128 Å². The molecule has 1 aromatic carbocycles. The molecule has 0 aromatic heterocycles. The molecule has 0 amide bonds. The number of hydrogen-bond donors (Lipinski definition) is 1. The Hall–Kier alpha value is -1.26. The fourth-order valence-corrected chi connectivity index (χ4v) is 2.26. The van der Waals surface area contributed by atoms with Crippen LogP contribution in [0.4, 0.5) is 5.69 Å². The van der Waals surface area contributed by atoms with Gasteiger partial charge in [-0.3, -0.25) is 4.90 Å². The van der Waals surface area contributed by atoms with Crippen molar-refractivity contribution in [3.05, 3.63) is 24.3 Å². The van der Waals surface area contributed by atoms with Gasteiger partial charge in [0.2, 0.25) is 0 Å². The van der Waals surface area contributed by atoms with E-state index < -0.39 is 0 Å². The minimum Gasteiger partial charge on any atom is -0.494 e. The van der Waals surface area contributed by atoms with E-state index in [1.165, 1.54) is 0 Å². The Morgan fingerprint density at radius 3 is 2.57 bits per heavy atom. The van der Waals surface area contributed by atoms with Crippen molar-refractivity contribution < 1.29 is 9.47 Å². The third-order valence-electron chi connectivity index (χ3n) is 3.68. The van der Waals surface area contributed by atoms with Gasteiger partial charge in [-0.15, -0.1) is 0 Å². The molecule has 1 saturated heterocycles. The average molecular weight is 292 g/mol. The summed E-state index contributed by atoms with van der Waals surface area (Å²) in [6.07, 6.45) is 1.10. The van der Waals surface area contributed by atoms with E-state index in [4.69, 9.17) is 9.47 Å². The van der Waals surface area contributed by atoms with Gasteiger partial charge in [0.15, 0.2) is 0 Å². The topological polar surface area (TPSA) is 33.7 Å². The minimum absolute atomic E-state index is 0.686. The van der Waals surface area contributed by atoms with Gasteiger partial charge >= 0.3 is 0 Å². The summed E-state index contributed by atoms with van der Waals surface area (Å²) in [5, 5.41) is 3.46. The summed E-state index contributed by atoms with van der Waals surface area (Å²) in [6.45, 7) is 11.1. The maximum Gasteiger partial charge on any atom is 0.119 e. The molecular weight excluding hydrogens is 264 g/mol. The summed E-state index contributed by atoms with van der Waals surface area (Å²) >= 11 is 0. The molecule has 0 radical (unpaired) electrons. The normalized spacial score (nSPS) is 16.1. The molecular formula is C17H28N2O2. The maximum absolute atomic E-state index is 5.72. The summed E-state index contributed by atoms with van der Waals surface area (Å²) in [5.41, 5.74) is 1.15. The lowest BCUT2D eigenvalue weighted by atomic mass is 10.1. The zero-order valence-corrected chi connectivity index (χ0v) is 13.3. The molecule has 1 aliphatic rings. The van der Waals surface area contributed by atoms with E-state index in [2.05, 4.69) is 36.2 Å². The molecule has 0 spiro atoms. The van der Waals surface area contributed by atoms with Crippen LogP contribution in [0.3, 0.4) is 0 Å². The van der Waals surface area contributed by atoms with Gasteiger partial charge in [0.1, 0.15) is 5.75 Å². The van der Waals surface area contributed by atoms with Gasteiger partial charge in [-0.25, -0.2) is 0 Å². The van der Waals surface area contributed by atoms with Gasteiger partial charge < -0.3 is 14.8 Å². The number of morpholine rings is 1. The summed E-state index contributed by atoms with van der Waals surface area (Å²) < 4.78 is 11.1. The second-order valence-electron chi connectivity index (χ2n) is 5.94. The van der Waals surface area contributed by atoms with E-state index in [0.717, 1.165) is 63.9 Å². The molecule has 4 heteroatoms. The lowest BCUT2D eigenvalue weighted by molar-refractivity contribution is 0.0398. The molecule has 0 aliphatic carbocycles. The van der Waals surface area contributed by atoms with Crippen molar-refractivity contribution in [3.8, 4) is 5.75 Å². The van der Waals surface area contributed by atoms with E-state index in [1.54, 1.807) is 0 Å². The first-order valence-corrected chi connectivity index (χ1v) is 8.01. The van der Waals surface area contributed by atoms with Crippen molar-refractivity contribution in [2.75, 3.05) is 51.3 Å². The predicted molar refractivity (Wildman–Crippen MR) is 87.1 cm³/mol. The molecule has 4 nitrogen and oxygen atoms in total. The molecule has 0 atom stereocenters. The first kappa shape index (κ1) is 16.1. The minimum atomic E-state index is 0.686. The van der Waals surface area contributed by atoms with Crippen LogP contribution in [0, 0.1) is 5.92 Å². The third-order valence-corrected chi connectivity index (χ3v) is 3.68. The molecule has 1 aliphatic heterocycles. The van der Waals surface area contributed by atoms with E-state index in [-0.39, 0.29) is 0 Å². The highest BCUT2D eigenvalue weighted by Crippen LogP contribution is 2.16. The zero-order valence-electron chi connectivity index (χ0n) is 13.3. The highest BCUT2D eigenvalue weighted by molar-refractivity contribution is 5.46.